The number of ether oxygens (including phenoxy) is 1. The van der Waals surface area contributed by atoms with E-state index in [2.05, 4.69) is 15.4 Å². The van der Waals surface area contributed by atoms with E-state index < -0.39 is 41.1 Å². The third-order valence-electron chi connectivity index (χ3n) is 4.80. The number of nitrogens with zero attached hydrogens (tertiary/aromatic N) is 4. The molecule has 0 atom stereocenters. The summed E-state index contributed by atoms with van der Waals surface area (Å²) in [6.07, 6.45) is -1.84. The predicted molar refractivity (Wildman–Crippen MR) is 125 cm³/mol. The number of alkyl halides is 2. The largest absolute Gasteiger partial charge is 0.475 e. The van der Waals surface area contributed by atoms with Crippen molar-refractivity contribution in [2.24, 2.45) is 5.73 Å². The number of amides is 2. The molecule has 0 aromatic carbocycles. The first kappa shape index (κ1) is 24.2. The summed E-state index contributed by atoms with van der Waals surface area (Å²) < 4.78 is 33.0. The van der Waals surface area contributed by atoms with Crippen LogP contribution in [0.2, 0.25) is 0 Å². The van der Waals surface area contributed by atoms with Gasteiger partial charge in [-0.3, -0.25) is 24.4 Å². The first-order valence-electron chi connectivity index (χ1n) is 9.77. The van der Waals surface area contributed by atoms with Crippen molar-refractivity contribution in [1.29, 1.82) is 0 Å². The molecule has 35 heavy (non-hydrogen) atoms. The fraction of sp³-hybridized carbons (Fsp3) is 0.200. The van der Waals surface area contributed by atoms with Gasteiger partial charge in [0.15, 0.2) is 0 Å². The third kappa shape index (κ3) is 4.67. The van der Waals surface area contributed by atoms with Crippen LogP contribution in [0.3, 0.4) is 0 Å². The van der Waals surface area contributed by atoms with Crippen LogP contribution in [0.15, 0.2) is 24.4 Å². The maximum atomic E-state index is 13.6. The van der Waals surface area contributed by atoms with E-state index >= 15 is 0 Å². The number of methoxy groups -OCH3 is 1. The second kappa shape index (κ2) is 9.34. The summed E-state index contributed by atoms with van der Waals surface area (Å²) in [5.74, 6) is -1.86. The molecule has 0 saturated carbocycles. The SMILES string of the molecule is COc1nn(CC(=O)Nc2c(C(N)=O)sc3nc(C(F)F)cc(-c4ccc(C)s4)c23)cc1[N+](=O)[O-]. The molecule has 0 aliphatic heterocycles. The van der Waals surface area contributed by atoms with Crippen LogP contribution in [-0.4, -0.2) is 38.6 Å². The molecule has 0 bridgehead atoms. The molecule has 0 aliphatic carbocycles. The van der Waals surface area contributed by atoms with E-state index in [-0.39, 0.29) is 26.7 Å². The lowest BCUT2D eigenvalue weighted by molar-refractivity contribution is -0.385. The molecule has 11 nitrogen and oxygen atoms in total. The highest BCUT2D eigenvalue weighted by Crippen LogP contribution is 2.44. The molecule has 4 aromatic heterocycles. The molecular formula is C20H16F2N6O5S2. The predicted octanol–water partition coefficient (Wildman–Crippen LogP) is 4.12. The number of rotatable bonds is 8. The lowest BCUT2D eigenvalue weighted by Crippen LogP contribution is -2.21. The van der Waals surface area contributed by atoms with Crippen LogP contribution >= 0.6 is 22.7 Å². The van der Waals surface area contributed by atoms with Gasteiger partial charge >= 0.3 is 11.6 Å². The molecule has 4 rings (SSSR count). The first-order valence-corrected chi connectivity index (χ1v) is 11.4. The van der Waals surface area contributed by atoms with Crippen LogP contribution in [0.1, 0.15) is 26.7 Å². The van der Waals surface area contributed by atoms with Gasteiger partial charge in [-0.2, -0.15) is 0 Å². The molecule has 3 N–H and O–H groups in total. The zero-order valence-corrected chi connectivity index (χ0v) is 19.7. The Morgan fingerprint density at radius 1 is 1.34 bits per heavy atom. The van der Waals surface area contributed by atoms with Gasteiger partial charge in [0.2, 0.25) is 5.91 Å². The number of hydrogen-bond acceptors (Lipinski definition) is 9. The van der Waals surface area contributed by atoms with Gasteiger partial charge in [-0.1, -0.05) is 0 Å². The van der Waals surface area contributed by atoms with Crippen molar-refractivity contribution in [2.75, 3.05) is 12.4 Å². The van der Waals surface area contributed by atoms with E-state index in [1.807, 2.05) is 13.0 Å². The third-order valence-corrected chi connectivity index (χ3v) is 6.94. The number of thiophene rings is 2. The Morgan fingerprint density at radius 2 is 2.09 bits per heavy atom. The number of carbonyl (C=O) groups is 2. The fourth-order valence-electron chi connectivity index (χ4n) is 3.37. The van der Waals surface area contributed by atoms with Gasteiger partial charge in [0.1, 0.15) is 28.1 Å². The molecule has 0 saturated heterocycles. The molecule has 0 radical (unpaired) electrons. The average molecular weight is 523 g/mol. The second-order valence-electron chi connectivity index (χ2n) is 7.18. The number of nitro groups is 1. The van der Waals surface area contributed by atoms with E-state index in [0.717, 1.165) is 27.1 Å². The monoisotopic (exact) mass is 522 g/mol. The molecule has 4 aromatic rings. The minimum atomic E-state index is -2.86. The molecular weight excluding hydrogens is 506 g/mol. The lowest BCUT2D eigenvalue weighted by Gasteiger charge is -2.10. The van der Waals surface area contributed by atoms with Crippen molar-refractivity contribution < 1.29 is 28.0 Å². The number of aromatic nitrogens is 3. The number of halogens is 2. The number of fused-ring (bicyclic) bond motifs is 1. The smallest absolute Gasteiger partial charge is 0.350 e. The zero-order valence-electron chi connectivity index (χ0n) is 18.1. The number of nitrogens with one attached hydrogen (secondary N) is 1. The van der Waals surface area contributed by atoms with Crippen molar-refractivity contribution in [1.82, 2.24) is 14.8 Å². The number of carbonyl (C=O) groups excluding carboxylic acids is 2. The normalized spacial score (nSPS) is 11.2. The topological polar surface area (TPSA) is 155 Å². The van der Waals surface area contributed by atoms with E-state index in [4.69, 9.17) is 10.5 Å². The van der Waals surface area contributed by atoms with Crippen LogP contribution in [-0.2, 0) is 11.3 Å². The summed E-state index contributed by atoms with van der Waals surface area (Å²) in [6.45, 7) is 1.39. The van der Waals surface area contributed by atoms with E-state index in [9.17, 15) is 28.5 Å². The highest BCUT2D eigenvalue weighted by atomic mass is 32.1. The van der Waals surface area contributed by atoms with Gasteiger partial charge < -0.3 is 15.8 Å². The van der Waals surface area contributed by atoms with Crippen LogP contribution in [0.25, 0.3) is 20.7 Å². The first-order chi connectivity index (χ1) is 16.6. The number of aryl methyl sites for hydroxylation is 1. The summed E-state index contributed by atoms with van der Waals surface area (Å²) in [7, 11) is 1.20. The number of pyridine rings is 1. The van der Waals surface area contributed by atoms with Gasteiger partial charge in [-0.25, -0.2) is 13.8 Å². The maximum Gasteiger partial charge on any atom is 0.350 e. The van der Waals surface area contributed by atoms with Gasteiger partial charge in [0.05, 0.1) is 17.7 Å². The summed E-state index contributed by atoms with van der Waals surface area (Å²) in [4.78, 5) is 41.0. The van der Waals surface area contributed by atoms with Crippen molar-refractivity contribution in [3.05, 3.63) is 50.0 Å². The summed E-state index contributed by atoms with van der Waals surface area (Å²) in [6, 6.07) is 4.77. The molecule has 0 aliphatic rings. The Labute approximate surface area is 203 Å². The summed E-state index contributed by atoms with van der Waals surface area (Å²) in [5.41, 5.74) is 4.97. The number of anilines is 1. The molecule has 2 amide bonds. The molecule has 0 spiro atoms. The van der Waals surface area contributed by atoms with Gasteiger partial charge in [-0.05, 0) is 25.1 Å². The standard InChI is InChI=1S/C20H16F2N6O5S2/c1-8-3-4-12(34-8)9-5-10(17(21)22)24-20-14(9)15(16(35-20)18(23)30)25-13(29)7-27-6-11(28(31)32)19(26-27)33-2/h3-6,17H,7H2,1-2H3,(H2,23,30)(H,25,29). The van der Waals surface area contributed by atoms with Gasteiger partial charge in [0, 0.05) is 20.7 Å². The highest BCUT2D eigenvalue weighted by Gasteiger charge is 2.26. The molecule has 182 valence electrons. The highest BCUT2D eigenvalue weighted by molar-refractivity contribution is 7.21. The quantitative estimate of drug-likeness (QED) is 0.260. The number of primary amides is 1. The Bertz CT molecular complexity index is 1480. The van der Waals surface area contributed by atoms with Crippen molar-refractivity contribution in [2.45, 2.75) is 19.9 Å². The Balaban J connectivity index is 1.80. The lowest BCUT2D eigenvalue weighted by atomic mass is 10.1. The van der Waals surface area contributed by atoms with Gasteiger partial charge in [-0.15, -0.1) is 27.8 Å². The van der Waals surface area contributed by atoms with E-state index in [1.165, 1.54) is 24.5 Å². The van der Waals surface area contributed by atoms with E-state index in [1.54, 1.807) is 6.07 Å². The van der Waals surface area contributed by atoms with Gasteiger partial charge in [0.25, 0.3) is 12.3 Å². The molecule has 0 unspecified atom stereocenters. The van der Waals surface area contributed by atoms with E-state index in [0.29, 0.717) is 10.4 Å². The minimum absolute atomic E-state index is 0.0190. The molecule has 0 fully saturated rings. The molecule has 4 heterocycles. The van der Waals surface area contributed by atoms with Crippen LogP contribution in [0.5, 0.6) is 5.88 Å². The van der Waals surface area contributed by atoms with Crippen molar-refractivity contribution in [3.8, 4) is 16.3 Å². The maximum absolute atomic E-state index is 13.6. The molecule has 15 heteroatoms. The minimum Gasteiger partial charge on any atom is -0.475 e. The summed E-state index contributed by atoms with van der Waals surface area (Å²) >= 11 is 2.13. The summed E-state index contributed by atoms with van der Waals surface area (Å²) in [5, 5.41) is 17.8. The second-order valence-corrected chi connectivity index (χ2v) is 9.47. The van der Waals surface area contributed by atoms with Crippen LogP contribution in [0, 0.1) is 17.0 Å². The van der Waals surface area contributed by atoms with Crippen LogP contribution < -0.4 is 15.8 Å². The Morgan fingerprint density at radius 3 is 2.63 bits per heavy atom. The van der Waals surface area contributed by atoms with Crippen molar-refractivity contribution in [3.63, 3.8) is 0 Å². The zero-order chi connectivity index (χ0) is 25.4. The van der Waals surface area contributed by atoms with Crippen LogP contribution in [0.4, 0.5) is 20.2 Å². The number of hydrogen-bond donors (Lipinski definition) is 2. The number of nitrogens with two attached hydrogens (primary N) is 1. The Kier molecular flexibility index (Phi) is 6.45. The Hall–Kier alpha value is -3.98. The average Bonchev–Trinajstić information content (AvgIpc) is 3.50. The fourth-order valence-corrected chi connectivity index (χ4v) is 5.27. The van der Waals surface area contributed by atoms with Crippen molar-refractivity contribution >= 4 is 56.1 Å².